The molecule has 94 valence electrons. The second-order valence-corrected chi connectivity index (χ2v) is 3.67. The summed E-state index contributed by atoms with van der Waals surface area (Å²) < 4.78 is 10.1. The first kappa shape index (κ1) is 12.0. The number of carbonyl (C=O) groups is 1. The van der Waals surface area contributed by atoms with Gasteiger partial charge in [0.05, 0.1) is 7.11 Å². The minimum absolute atomic E-state index is 0.0766. The normalized spacial score (nSPS) is 10.1. The van der Waals surface area contributed by atoms with Crippen molar-refractivity contribution in [1.82, 2.24) is 0 Å². The number of carboxylic acid groups (broad SMARTS) is 1. The molecule has 0 aliphatic heterocycles. The van der Waals surface area contributed by atoms with Gasteiger partial charge >= 0.3 is 5.97 Å². The molecule has 0 radical (unpaired) electrons. The standard InChI is InChI=1S/C13H13NO4/c1-17-10-4-2-9(3-5-10)8-14-12-7-6-11(18-12)13(15)16/h2-7,14H,8H2,1H3,(H,15,16). The largest absolute Gasteiger partial charge is 0.497 e. The zero-order chi connectivity index (χ0) is 13.0. The Morgan fingerprint density at radius 1 is 1.28 bits per heavy atom. The van der Waals surface area contributed by atoms with Crippen molar-refractivity contribution in [3.8, 4) is 5.75 Å². The van der Waals surface area contributed by atoms with Crippen molar-refractivity contribution in [2.24, 2.45) is 0 Å². The van der Waals surface area contributed by atoms with E-state index in [0.29, 0.717) is 12.4 Å². The molecule has 18 heavy (non-hydrogen) atoms. The van der Waals surface area contributed by atoms with Crippen molar-refractivity contribution in [2.45, 2.75) is 6.54 Å². The van der Waals surface area contributed by atoms with Gasteiger partial charge in [-0.05, 0) is 23.8 Å². The summed E-state index contributed by atoms with van der Waals surface area (Å²) in [6, 6.07) is 10.6. The molecule has 0 saturated heterocycles. The molecular formula is C13H13NO4. The quantitative estimate of drug-likeness (QED) is 0.849. The highest BCUT2D eigenvalue weighted by molar-refractivity contribution is 5.84. The lowest BCUT2D eigenvalue weighted by Crippen LogP contribution is -1.98. The second-order valence-electron chi connectivity index (χ2n) is 3.67. The van der Waals surface area contributed by atoms with Crippen LogP contribution in [0.15, 0.2) is 40.8 Å². The Morgan fingerprint density at radius 3 is 2.56 bits per heavy atom. The molecule has 0 bridgehead atoms. The number of methoxy groups -OCH3 is 1. The van der Waals surface area contributed by atoms with E-state index < -0.39 is 5.97 Å². The van der Waals surface area contributed by atoms with Crippen LogP contribution in [0.25, 0.3) is 0 Å². The molecule has 1 aromatic heterocycles. The summed E-state index contributed by atoms with van der Waals surface area (Å²) in [5.41, 5.74) is 1.05. The van der Waals surface area contributed by atoms with Gasteiger partial charge in [0.2, 0.25) is 5.76 Å². The molecule has 0 unspecified atom stereocenters. The predicted octanol–water partition coefficient (Wildman–Crippen LogP) is 2.60. The van der Waals surface area contributed by atoms with E-state index in [0.717, 1.165) is 11.3 Å². The van der Waals surface area contributed by atoms with E-state index in [1.54, 1.807) is 13.2 Å². The number of carboxylic acids is 1. The Bertz CT molecular complexity index is 530. The smallest absolute Gasteiger partial charge is 0.371 e. The zero-order valence-electron chi connectivity index (χ0n) is 9.84. The first-order chi connectivity index (χ1) is 8.69. The molecule has 2 N–H and O–H groups in total. The van der Waals surface area contributed by atoms with Gasteiger partial charge in [0.1, 0.15) is 5.75 Å². The summed E-state index contributed by atoms with van der Waals surface area (Å²) in [7, 11) is 1.61. The summed E-state index contributed by atoms with van der Waals surface area (Å²) in [6.45, 7) is 0.552. The van der Waals surface area contributed by atoms with Gasteiger partial charge in [0.15, 0.2) is 5.88 Å². The maximum Gasteiger partial charge on any atom is 0.371 e. The lowest BCUT2D eigenvalue weighted by atomic mass is 10.2. The van der Waals surface area contributed by atoms with Crippen LogP contribution in [0.2, 0.25) is 0 Å². The average molecular weight is 247 g/mol. The van der Waals surface area contributed by atoms with Crippen molar-refractivity contribution in [3.63, 3.8) is 0 Å². The maximum atomic E-state index is 10.6. The molecule has 2 rings (SSSR count). The highest BCUT2D eigenvalue weighted by atomic mass is 16.5. The molecule has 0 atom stereocenters. The molecule has 1 aromatic carbocycles. The second kappa shape index (κ2) is 5.27. The summed E-state index contributed by atoms with van der Waals surface area (Å²) in [5, 5.41) is 11.7. The molecular weight excluding hydrogens is 234 g/mol. The SMILES string of the molecule is COc1ccc(CNc2ccc(C(=O)O)o2)cc1. The molecule has 0 aliphatic rings. The Balaban J connectivity index is 1.95. The minimum atomic E-state index is -1.08. The van der Waals surface area contributed by atoms with E-state index in [2.05, 4.69) is 5.32 Å². The zero-order valence-corrected chi connectivity index (χ0v) is 9.84. The monoisotopic (exact) mass is 247 g/mol. The summed E-state index contributed by atoms with van der Waals surface area (Å²) >= 11 is 0. The van der Waals surface area contributed by atoms with Crippen molar-refractivity contribution in [1.29, 1.82) is 0 Å². The third kappa shape index (κ3) is 2.82. The fourth-order valence-electron chi connectivity index (χ4n) is 1.48. The van der Waals surface area contributed by atoms with E-state index >= 15 is 0 Å². The lowest BCUT2D eigenvalue weighted by Gasteiger charge is -2.04. The minimum Gasteiger partial charge on any atom is -0.497 e. The first-order valence-corrected chi connectivity index (χ1v) is 5.39. The number of furan rings is 1. The van der Waals surface area contributed by atoms with Crippen LogP contribution in [0.1, 0.15) is 16.1 Å². The topological polar surface area (TPSA) is 71.7 Å². The maximum absolute atomic E-state index is 10.6. The van der Waals surface area contributed by atoms with Gasteiger partial charge in [0, 0.05) is 12.6 Å². The highest BCUT2D eigenvalue weighted by Crippen LogP contribution is 2.16. The van der Waals surface area contributed by atoms with Gasteiger partial charge in [-0.3, -0.25) is 0 Å². The van der Waals surface area contributed by atoms with Gasteiger partial charge < -0.3 is 19.6 Å². The number of hydrogen-bond donors (Lipinski definition) is 2. The van der Waals surface area contributed by atoms with Crippen LogP contribution in [0, 0.1) is 0 Å². The van der Waals surface area contributed by atoms with Crippen molar-refractivity contribution >= 4 is 11.9 Å². The van der Waals surface area contributed by atoms with Gasteiger partial charge in [-0.25, -0.2) is 4.79 Å². The number of benzene rings is 1. The van der Waals surface area contributed by atoms with Crippen LogP contribution in [-0.2, 0) is 6.54 Å². The van der Waals surface area contributed by atoms with Gasteiger partial charge in [-0.1, -0.05) is 12.1 Å². The van der Waals surface area contributed by atoms with Crippen LogP contribution < -0.4 is 10.1 Å². The van der Waals surface area contributed by atoms with Crippen LogP contribution in [0.5, 0.6) is 5.75 Å². The lowest BCUT2D eigenvalue weighted by molar-refractivity contribution is 0.0663. The number of anilines is 1. The molecule has 0 fully saturated rings. The molecule has 0 amide bonds. The molecule has 0 aliphatic carbocycles. The molecule has 0 spiro atoms. The van der Waals surface area contributed by atoms with Crippen molar-refractivity contribution in [2.75, 3.05) is 12.4 Å². The Hall–Kier alpha value is -2.43. The van der Waals surface area contributed by atoms with Gasteiger partial charge in [-0.2, -0.15) is 0 Å². The van der Waals surface area contributed by atoms with E-state index in [1.807, 2.05) is 24.3 Å². The number of rotatable bonds is 5. The van der Waals surface area contributed by atoms with Crippen molar-refractivity contribution in [3.05, 3.63) is 47.7 Å². The average Bonchev–Trinajstić information content (AvgIpc) is 2.86. The third-order valence-electron chi connectivity index (χ3n) is 2.44. The summed E-state index contributed by atoms with van der Waals surface area (Å²) in [5.74, 6) is 0.0767. The summed E-state index contributed by atoms with van der Waals surface area (Å²) in [4.78, 5) is 10.6. The highest BCUT2D eigenvalue weighted by Gasteiger charge is 2.08. The summed E-state index contributed by atoms with van der Waals surface area (Å²) in [6.07, 6.45) is 0. The van der Waals surface area contributed by atoms with Crippen LogP contribution in [0.4, 0.5) is 5.88 Å². The first-order valence-electron chi connectivity index (χ1n) is 5.39. The van der Waals surface area contributed by atoms with Crippen LogP contribution in [0.3, 0.4) is 0 Å². The number of aromatic carboxylic acids is 1. The Morgan fingerprint density at radius 2 is 2.00 bits per heavy atom. The van der Waals surface area contributed by atoms with E-state index in [1.165, 1.54) is 6.07 Å². The van der Waals surface area contributed by atoms with E-state index in [4.69, 9.17) is 14.3 Å². The Labute approximate surface area is 104 Å². The fourth-order valence-corrected chi connectivity index (χ4v) is 1.48. The third-order valence-corrected chi connectivity index (χ3v) is 2.44. The van der Waals surface area contributed by atoms with Crippen molar-refractivity contribution < 1.29 is 19.1 Å². The molecule has 1 heterocycles. The number of ether oxygens (including phenoxy) is 1. The molecule has 5 heteroatoms. The fraction of sp³-hybridized carbons (Fsp3) is 0.154. The van der Waals surface area contributed by atoms with E-state index in [-0.39, 0.29) is 5.76 Å². The predicted molar refractivity (Wildman–Crippen MR) is 66.0 cm³/mol. The molecule has 0 saturated carbocycles. The van der Waals surface area contributed by atoms with Crippen LogP contribution in [-0.4, -0.2) is 18.2 Å². The molecule has 2 aromatic rings. The number of nitrogens with one attached hydrogen (secondary N) is 1. The van der Waals surface area contributed by atoms with Gasteiger partial charge in [0.25, 0.3) is 0 Å². The number of hydrogen-bond acceptors (Lipinski definition) is 4. The van der Waals surface area contributed by atoms with Gasteiger partial charge in [-0.15, -0.1) is 0 Å². The Kier molecular flexibility index (Phi) is 3.52. The van der Waals surface area contributed by atoms with Crippen LogP contribution >= 0.6 is 0 Å². The van der Waals surface area contributed by atoms with E-state index in [9.17, 15) is 4.79 Å². The molecule has 5 nitrogen and oxygen atoms in total.